The molecular weight excluding hydrogens is 836 g/mol. The molecule has 22 heteroatoms. The molecule has 0 aliphatic rings. The van der Waals surface area contributed by atoms with Gasteiger partial charge in [0, 0.05) is 91.4 Å². The molecule has 0 saturated heterocycles. The predicted molar refractivity (Wildman–Crippen MR) is 158 cm³/mol. The number of aliphatic hydroxyl groups is 1. The second-order valence-electron chi connectivity index (χ2n) is 9.19. The van der Waals surface area contributed by atoms with E-state index in [0.29, 0.717) is 12.2 Å². The van der Waals surface area contributed by atoms with Crippen LogP contribution in [0.2, 0.25) is 0 Å². The fourth-order valence-corrected chi connectivity index (χ4v) is 2.70. The molecule has 0 aromatic rings. The van der Waals surface area contributed by atoms with Crippen LogP contribution in [-0.4, -0.2) is 107 Å². The smallest absolute Gasteiger partial charge is 0.328 e. The Morgan fingerprint density at radius 1 is 0.580 bits per heavy atom. The molecule has 8 N–H and O–H groups in total. The molecule has 276 valence electrons. The van der Waals surface area contributed by atoms with E-state index in [2.05, 4.69) is 11.3 Å². The van der Waals surface area contributed by atoms with Crippen LogP contribution < -0.4 is 0 Å². The first-order chi connectivity index (χ1) is 21.2. The van der Waals surface area contributed by atoms with Crippen molar-refractivity contribution in [1.82, 2.24) is 0 Å². The van der Waals surface area contributed by atoms with Crippen LogP contribution in [0.3, 0.4) is 0 Å². The third kappa shape index (κ3) is 51.4. The summed E-state index contributed by atoms with van der Waals surface area (Å²) < 4.78 is 8.93. The first kappa shape index (κ1) is 65.0. The van der Waals surface area contributed by atoms with E-state index in [-0.39, 0.29) is 77.2 Å². The largest absolute Gasteiger partial charge is 0.481 e. The third-order valence-corrected chi connectivity index (χ3v) is 4.79. The van der Waals surface area contributed by atoms with Gasteiger partial charge in [0.05, 0.1) is 42.1 Å². The molecule has 0 aliphatic carbocycles. The number of carbonyl (C=O) groups is 9. The Morgan fingerprint density at radius 2 is 0.880 bits per heavy atom. The average Bonchev–Trinajstić information content (AvgIpc) is 2.88. The maximum absolute atomic E-state index is 10.9. The van der Waals surface area contributed by atoms with Crippen LogP contribution in [-0.2, 0) is 111 Å². The molecule has 0 spiro atoms. The van der Waals surface area contributed by atoms with E-state index < -0.39 is 83.6 Å². The first-order valence-corrected chi connectivity index (χ1v) is 13.1. The van der Waals surface area contributed by atoms with E-state index in [4.69, 9.17) is 50.4 Å². The monoisotopic (exact) mass is 876 g/mol. The van der Waals surface area contributed by atoms with E-state index in [1.165, 1.54) is 41.5 Å². The van der Waals surface area contributed by atoms with Crippen LogP contribution in [0, 0.1) is 23.7 Å². The quantitative estimate of drug-likeness (QED) is 0.0529. The zero-order valence-corrected chi connectivity index (χ0v) is 37.9. The van der Waals surface area contributed by atoms with Gasteiger partial charge in [0.25, 0.3) is 5.97 Å². The Kier molecular flexibility index (Phi) is 49.8. The topological polar surface area (TPSA) is 334 Å². The minimum Gasteiger partial charge on any atom is -0.481 e. The average molecular weight is 881 g/mol. The molecule has 0 aliphatic heterocycles. The maximum atomic E-state index is 10.9. The number of carboxylic acid groups (broad SMARTS) is 7. The van der Waals surface area contributed by atoms with Crippen LogP contribution in [0.4, 0.5) is 0 Å². The Morgan fingerprint density at radius 3 is 1.04 bits per heavy atom. The summed E-state index contributed by atoms with van der Waals surface area (Å²) in [6, 6.07) is 0. The molecule has 0 radical (unpaired) electrons. The molecule has 6 unspecified atom stereocenters. The van der Waals surface area contributed by atoms with Crippen molar-refractivity contribution in [3.05, 3.63) is 25.0 Å². The minimum atomic E-state index is -1.26. The van der Waals surface area contributed by atoms with Gasteiger partial charge >= 0.3 is 47.8 Å². The van der Waals surface area contributed by atoms with Gasteiger partial charge in [-0.05, 0) is 26.7 Å². The first-order valence-electron chi connectivity index (χ1n) is 13.1. The number of hydrogen-bond acceptors (Lipinski definition) is 12. The van der Waals surface area contributed by atoms with Gasteiger partial charge in [-0.3, -0.25) is 33.6 Å². The summed E-state index contributed by atoms with van der Waals surface area (Å²) in [6.45, 7) is 12.4. The van der Waals surface area contributed by atoms with Crippen molar-refractivity contribution in [2.45, 2.75) is 73.5 Å². The zero-order chi connectivity index (χ0) is 38.6. The van der Waals surface area contributed by atoms with Gasteiger partial charge < -0.3 is 50.3 Å². The van der Waals surface area contributed by atoms with Crippen LogP contribution in [0.15, 0.2) is 25.0 Å². The van der Waals surface area contributed by atoms with Crippen molar-refractivity contribution in [2.75, 3.05) is 0 Å². The van der Waals surface area contributed by atoms with Crippen LogP contribution >= 0.6 is 0 Å². The number of carboxylic acids is 7. The summed E-state index contributed by atoms with van der Waals surface area (Å²) in [4.78, 5) is 91.1. The molecule has 19 nitrogen and oxygen atoms in total. The van der Waals surface area contributed by atoms with Crippen molar-refractivity contribution in [3.63, 3.8) is 0 Å². The van der Waals surface area contributed by atoms with Gasteiger partial charge in [0.15, 0.2) is 0 Å². The van der Waals surface area contributed by atoms with E-state index in [9.17, 15) is 38.4 Å². The Bertz CT molecular complexity index is 1070. The number of rotatable bonds is 14. The summed E-state index contributed by atoms with van der Waals surface area (Å²) in [6.07, 6.45) is 0.751. The van der Waals surface area contributed by atoms with Crippen LogP contribution in [0.1, 0.15) is 61.3 Å². The molecule has 6 atom stereocenters. The van der Waals surface area contributed by atoms with Crippen LogP contribution in [0.5, 0.6) is 0 Å². The molecule has 0 aromatic carbocycles. The number of hydrogen-bond donors (Lipinski definition) is 8. The summed E-state index contributed by atoms with van der Waals surface area (Å²) in [5, 5.41) is 66.8. The zero-order valence-electron chi connectivity index (χ0n) is 29.0. The van der Waals surface area contributed by atoms with Gasteiger partial charge in [0.1, 0.15) is 0 Å². The second kappa shape index (κ2) is 38.3. The molecule has 50 heavy (non-hydrogen) atoms. The Balaban J connectivity index is -0.0000000778. The van der Waals surface area contributed by atoms with E-state index in [1.807, 2.05) is 0 Å². The molecular formula is C28H44O19Zn3. The van der Waals surface area contributed by atoms with Crippen molar-refractivity contribution in [3.8, 4) is 0 Å². The maximum Gasteiger partial charge on any atom is 0.328 e. The Hall–Kier alpha value is -3.46. The molecule has 0 fully saturated rings. The predicted octanol–water partition coefficient (Wildman–Crippen LogP) is 1.42. The number of carbonyl (C=O) groups excluding carboxylic acids is 2. The molecule has 0 amide bonds. The summed E-state index contributed by atoms with van der Waals surface area (Å²) in [7, 11) is 0. The number of aliphatic carboxylic acids is 7. The molecule has 0 heterocycles. The molecule has 0 bridgehead atoms. The summed E-state index contributed by atoms with van der Waals surface area (Å²) in [5.74, 6) is -13.0. The summed E-state index contributed by atoms with van der Waals surface area (Å²) >= 11 is 0. The van der Waals surface area contributed by atoms with Gasteiger partial charge in [-0.25, -0.2) is 9.59 Å². The van der Waals surface area contributed by atoms with Crippen LogP contribution in [0.25, 0.3) is 0 Å². The number of ether oxygens (including phenoxy) is 2. The van der Waals surface area contributed by atoms with Crippen molar-refractivity contribution >= 4 is 53.7 Å². The van der Waals surface area contributed by atoms with Gasteiger partial charge in [-0.1, -0.05) is 20.4 Å². The van der Waals surface area contributed by atoms with Crippen molar-refractivity contribution in [1.29, 1.82) is 0 Å². The van der Waals surface area contributed by atoms with Gasteiger partial charge in [-0.2, -0.15) is 0 Å². The number of aliphatic hydroxyl groups excluding tert-OH is 1. The Labute approximate surface area is 326 Å². The number of esters is 2. The van der Waals surface area contributed by atoms with E-state index >= 15 is 0 Å². The van der Waals surface area contributed by atoms with Crippen molar-refractivity contribution in [2.24, 2.45) is 23.7 Å². The minimum absolute atomic E-state index is 0. The molecule has 0 aromatic heterocycles. The fourth-order valence-electron chi connectivity index (χ4n) is 2.70. The normalized spacial score (nSPS) is 12.5. The van der Waals surface area contributed by atoms with Gasteiger partial charge in [0.2, 0.25) is 0 Å². The van der Waals surface area contributed by atoms with Crippen molar-refractivity contribution < 1.29 is 152 Å². The fraction of sp³-hybridized carbons (Fsp3) is 0.536. The SMILES string of the molecule is C=COC(C)=O.CC(=O)O.CC(=O)OC(C)CC(C(=O)O)C(C)C(=O)O.CC(O)CC(C(=O)O)C(C)C(=O)O.O=C(O)C=CC(=O)O.[Zn].[Zn].[Zn]. The van der Waals surface area contributed by atoms with E-state index in [1.54, 1.807) is 0 Å². The summed E-state index contributed by atoms with van der Waals surface area (Å²) in [5.41, 5.74) is 0. The third-order valence-electron chi connectivity index (χ3n) is 4.79. The second-order valence-corrected chi connectivity index (χ2v) is 9.19. The molecule has 0 rings (SSSR count). The van der Waals surface area contributed by atoms with E-state index in [0.717, 1.165) is 13.2 Å². The molecule has 0 saturated carbocycles. The standard InChI is InChI=1S/C10H16O6.C8H14O5.C4H4O4.C4H6O2.C2H4O2.3Zn/c1-5(16-7(3)11)4-8(10(14)15)6(2)9(12)13;1-4(9)3-6(8(12)13)5(2)7(10)11;5-3(6)1-2-4(7)8;1-3-6-4(2)5;1-2(3)4;;;/h5-6,8H,4H2,1-3H3,(H,12,13)(H,14,15);4-6,9H,3H2,1-2H3,(H,10,11)(H,12,13);1-2H,(H,5,6)(H,7,8);3H,1H2,2H3;1H3,(H,3,4);;;. The van der Waals surface area contributed by atoms with Gasteiger partial charge in [-0.15, -0.1) is 0 Å².